The van der Waals surface area contributed by atoms with Crippen molar-refractivity contribution in [2.45, 2.75) is 12.5 Å². The van der Waals surface area contributed by atoms with Crippen LogP contribution in [0.1, 0.15) is 18.0 Å². The fourth-order valence-electron chi connectivity index (χ4n) is 2.31. The summed E-state index contributed by atoms with van der Waals surface area (Å²) in [5.41, 5.74) is 0.884. The highest BCUT2D eigenvalue weighted by Crippen LogP contribution is 2.31. The third-order valence-corrected chi connectivity index (χ3v) is 3.40. The molecule has 0 aromatic heterocycles. The van der Waals surface area contributed by atoms with Crippen molar-refractivity contribution in [3.05, 3.63) is 35.9 Å². The standard InChI is InChI=1S/C14H15NO4/c1-15-10(9-6-4-3-5-7-9)8-11(16)12(13(15)17)14(18)19-2/h3-7,10,12H,8H2,1-2H3. The third-order valence-electron chi connectivity index (χ3n) is 3.40. The van der Waals surface area contributed by atoms with Gasteiger partial charge in [-0.1, -0.05) is 30.3 Å². The van der Waals surface area contributed by atoms with Gasteiger partial charge in [-0.2, -0.15) is 0 Å². The van der Waals surface area contributed by atoms with Crippen LogP contribution in [0.4, 0.5) is 0 Å². The fourth-order valence-corrected chi connectivity index (χ4v) is 2.31. The molecule has 0 N–H and O–H groups in total. The molecule has 1 fully saturated rings. The van der Waals surface area contributed by atoms with Crippen LogP contribution in [0.2, 0.25) is 0 Å². The normalized spacial score (nSPS) is 23.4. The summed E-state index contributed by atoms with van der Waals surface area (Å²) in [4.78, 5) is 37.0. The molecule has 1 aliphatic heterocycles. The number of Topliss-reactive ketones (excluding diaryl/α,β-unsaturated/α-hetero) is 1. The Labute approximate surface area is 111 Å². The van der Waals surface area contributed by atoms with Crippen LogP contribution in [0.25, 0.3) is 0 Å². The Hall–Kier alpha value is -2.17. The lowest BCUT2D eigenvalue weighted by Crippen LogP contribution is -2.49. The minimum atomic E-state index is -1.31. The summed E-state index contributed by atoms with van der Waals surface area (Å²) in [7, 11) is 2.77. The quantitative estimate of drug-likeness (QED) is 0.587. The van der Waals surface area contributed by atoms with E-state index in [4.69, 9.17) is 0 Å². The van der Waals surface area contributed by atoms with E-state index >= 15 is 0 Å². The van der Waals surface area contributed by atoms with Gasteiger partial charge in [0.1, 0.15) is 0 Å². The van der Waals surface area contributed by atoms with E-state index < -0.39 is 17.8 Å². The lowest BCUT2D eigenvalue weighted by molar-refractivity contribution is -0.161. The molecule has 0 bridgehead atoms. The van der Waals surface area contributed by atoms with Crippen molar-refractivity contribution < 1.29 is 19.1 Å². The van der Waals surface area contributed by atoms with Gasteiger partial charge in [0, 0.05) is 13.5 Å². The number of carbonyl (C=O) groups excluding carboxylic acids is 3. The van der Waals surface area contributed by atoms with Gasteiger partial charge >= 0.3 is 5.97 Å². The number of hydrogen-bond acceptors (Lipinski definition) is 4. The summed E-state index contributed by atoms with van der Waals surface area (Å²) >= 11 is 0. The van der Waals surface area contributed by atoms with Crippen molar-refractivity contribution in [3.63, 3.8) is 0 Å². The first-order chi connectivity index (χ1) is 9.06. The zero-order valence-corrected chi connectivity index (χ0v) is 10.8. The summed E-state index contributed by atoms with van der Waals surface area (Å²) in [5, 5.41) is 0. The molecule has 1 amide bonds. The highest BCUT2D eigenvalue weighted by Gasteiger charge is 2.44. The Balaban J connectivity index is 2.28. The molecule has 2 unspecified atom stereocenters. The number of amides is 1. The monoisotopic (exact) mass is 261 g/mol. The predicted octanol–water partition coefficient (Wildman–Crippen LogP) is 0.948. The lowest BCUT2D eigenvalue weighted by Gasteiger charge is -2.35. The first-order valence-corrected chi connectivity index (χ1v) is 5.98. The second kappa shape index (κ2) is 5.22. The molecule has 0 radical (unpaired) electrons. The number of benzene rings is 1. The zero-order chi connectivity index (χ0) is 14.0. The van der Waals surface area contributed by atoms with Crippen LogP contribution in [-0.2, 0) is 19.1 Å². The van der Waals surface area contributed by atoms with Crippen molar-refractivity contribution >= 4 is 17.7 Å². The molecule has 2 atom stereocenters. The Morgan fingerprint density at radius 3 is 2.47 bits per heavy atom. The number of hydrogen-bond donors (Lipinski definition) is 0. The van der Waals surface area contributed by atoms with Gasteiger partial charge in [-0.05, 0) is 5.56 Å². The molecular weight excluding hydrogens is 246 g/mol. The Bertz CT molecular complexity index is 511. The molecule has 1 aromatic rings. The average Bonchev–Trinajstić information content (AvgIpc) is 2.43. The molecule has 0 aliphatic carbocycles. The average molecular weight is 261 g/mol. The number of esters is 1. The Morgan fingerprint density at radius 1 is 1.26 bits per heavy atom. The predicted molar refractivity (Wildman–Crippen MR) is 67.1 cm³/mol. The summed E-state index contributed by atoms with van der Waals surface area (Å²) < 4.78 is 4.51. The Morgan fingerprint density at radius 2 is 1.89 bits per heavy atom. The largest absolute Gasteiger partial charge is 0.468 e. The van der Waals surface area contributed by atoms with E-state index in [1.807, 2.05) is 30.3 Å². The van der Waals surface area contributed by atoms with Crippen LogP contribution in [0.5, 0.6) is 0 Å². The molecular formula is C14H15NO4. The van der Waals surface area contributed by atoms with Gasteiger partial charge in [-0.25, -0.2) is 0 Å². The van der Waals surface area contributed by atoms with Crippen molar-refractivity contribution in [3.8, 4) is 0 Å². The molecule has 1 heterocycles. The van der Waals surface area contributed by atoms with Crippen molar-refractivity contribution in [2.24, 2.45) is 5.92 Å². The third kappa shape index (κ3) is 2.36. The van der Waals surface area contributed by atoms with Gasteiger partial charge in [-0.15, -0.1) is 0 Å². The first kappa shape index (κ1) is 13.3. The van der Waals surface area contributed by atoms with E-state index in [0.717, 1.165) is 5.56 Å². The molecule has 19 heavy (non-hydrogen) atoms. The smallest absolute Gasteiger partial charge is 0.325 e. The van der Waals surface area contributed by atoms with Crippen LogP contribution in [0.3, 0.4) is 0 Å². The summed E-state index contributed by atoms with van der Waals surface area (Å²) in [6, 6.07) is 8.98. The van der Waals surface area contributed by atoms with E-state index in [1.165, 1.54) is 12.0 Å². The number of ether oxygens (including phenoxy) is 1. The van der Waals surface area contributed by atoms with E-state index in [0.29, 0.717) is 0 Å². The second-order valence-corrected chi connectivity index (χ2v) is 4.50. The number of piperidine rings is 1. The SMILES string of the molecule is COC(=O)C1C(=O)CC(c2ccccc2)N(C)C1=O. The molecule has 100 valence electrons. The van der Waals surface area contributed by atoms with Crippen LogP contribution in [0, 0.1) is 5.92 Å². The van der Waals surface area contributed by atoms with E-state index in [9.17, 15) is 14.4 Å². The summed E-state index contributed by atoms with van der Waals surface area (Å²) in [5.74, 6) is -2.98. The van der Waals surface area contributed by atoms with Crippen molar-refractivity contribution in [1.82, 2.24) is 4.90 Å². The number of rotatable bonds is 2. The van der Waals surface area contributed by atoms with Crippen LogP contribution in [0.15, 0.2) is 30.3 Å². The number of nitrogens with zero attached hydrogens (tertiary/aromatic N) is 1. The molecule has 2 rings (SSSR count). The van der Waals surface area contributed by atoms with Crippen molar-refractivity contribution in [2.75, 3.05) is 14.2 Å². The van der Waals surface area contributed by atoms with Gasteiger partial charge in [-0.3, -0.25) is 14.4 Å². The summed E-state index contributed by atoms with van der Waals surface area (Å²) in [6.45, 7) is 0. The van der Waals surface area contributed by atoms with E-state index in [1.54, 1.807) is 7.05 Å². The topological polar surface area (TPSA) is 63.7 Å². The maximum Gasteiger partial charge on any atom is 0.325 e. The molecule has 5 nitrogen and oxygen atoms in total. The van der Waals surface area contributed by atoms with Crippen LogP contribution < -0.4 is 0 Å². The molecule has 5 heteroatoms. The number of ketones is 1. The van der Waals surface area contributed by atoms with E-state index in [-0.39, 0.29) is 18.2 Å². The Kier molecular flexibility index (Phi) is 3.64. The molecule has 0 saturated carbocycles. The minimum Gasteiger partial charge on any atom is -0.468 e. The lowest BCUT2D eigenvalue weighted by atomic mass is 9.87. The fraction of sp³-hybridized carbons (Fsp3) is 0.357. The minimum absolute atomic E-state index is 0.131. The number of likely N-dealkylation sites (tertiary alicyclic amines) is 1. The van der Waals surface area contributed by atoms with Crippen LogP contribution in [-0.4, -0.2) is 36.7 Å². The van der Waals surface area contributed by atoms with Gasteiger partial charge in [0.05, 0.1) is 13.2 Å². The van der Waals surface area contributed by atoms with Gasteiger partial charge in [0.2, 0.25) is 5.91 Å². The summed E-state index contributed by atoms with van der Waals surface area (Å²) in [6.07, 6.45) is 0.131. The van der Waals surface area contributed by atoms with Crippen LogP contribution >= 0.6 is 0 Å². The maximum atomic E-state index is 12.1. The molecule has 1 saturated heterocycles. The van der Waals surface area contributed by atoms with Gasteiger partial charge < -0.3 is 9.64 Å². The molecule has 1 aromatic carbocycles. The zero-order valence-electron chi connectivity index (χ0n) is 10.8. The highest BCUT2D eigenvalue weighted by atomic mass is 16.5. The highest BCUT2D eigenvalue weighted by molar-refractivity contribution is 6.18. The van der Waals surface area contributed by atoms with Crippen molar-refractivity contribution in [1.29, 1.82) is 0 Å². The van der Waals surface area contributed by atoms with E-state index in [2.05, 4.69) is 4.74 Å². The maximum absolute atomic E-state index is 12.1. The molecule has 0 spiro atoms. The number of carbonyl (C=O) groups is 3. The molecule has 1 aliphatic rings. The van der Waals surface area contributed by atoms with Gasteiger partial charge in [0.25, 0.3) is 0 Å². The van der Waals surface area contributed by atoms with Gasteiger partial charge in [0.15, 0.2) is 11.7 Å². The number of methoxy groups -OCH3 is 1. The second-order valence-electron chi connectivity index (χ2n) is 4.50. The first-order valence-electron chi connectivity index (χ1n) is 5.98.